The molecule has 0 amide bonds. The Bertz CT molecular complexity index is 534. The average molecular weight is 230 g/mol. The summed E-state index contributed by atoms with van der Waals surface area (Å²) in [6, 6.07) is 10.0. The molecular formula is C13H14N2O2. The molecule has 17 heavy (non-hydrogen) atoms. The predicted molar refractivity (Wildman–Crippen MR) is 65.3 cm³/mol. The lowest BCUT2D eigenvalue weighted by molar-refractivity contribution is 0.174. The van der Waals surface area contributed by atoms with Crippen molar-refractivity contribution in [1.82, 2.24) is 4.57 Å². The highest BCUT2D eigenvalue weighted by Crippen LogP contribution is 2.34. The van der Waals surface area contributed by atoms with Gasteiger partial charge in [-0.05, 0) is 24.3 Å². The molecule has 0 atom stereocenters. The van der Waals surface area contributed by atoms with Crippen LogP contribution in [-0.2, 0) is 13.6 Å². The van der Waals surface area contributed by atoms with Crippen LogP contribution in [0.1, 0.15) is 5.69 Å². The van der Waals surface area contributed by atoms with Gasteiger partial charge in [0.1, 0.15) is 0 Å². The van der Waals surface area contributed by atoms with E-state index in [4.69, 9.17) is 9.47 Å². The van der Waals surface area contributed by atoms with Gasteiger partial charge in [-0.15, -0.1) is 0 Å². The molecule has 0 unspecified atom stereocenters. The van der Waals surface area contributed by atoms with Crippen LogP contribution in [0.25, 0.3) is 0 Å². The lowest BCUT2D eigenvalue weighted by Crippen LogP contribution is -2.03. The Morgan fingerprint density at radius 1 is 1.24 bits per heavy atom. The Morgan fingerprint density at radius 3 is 2.94 bits per heavy atom. The lowest BCUT2D eigenvalue weighted by atomic mass is 10.2. The molecule has 4 heteroatoms. The summed E-state index contributed by atoms with van der Waals surface area (Å²) in [7, 11) is 2.04. The molecule has 1 aliphatic heterocycles. The molecule has 2 heterocycles. The van der Waals surface area contributed by atoms with Gasteiger partial charge < -0.3 is 19.4 Å². The van der Waals surface area contributed by atoms with Crippen LogP contribution in [0.15, 0.2) is 36.5 Å². The topological polar surface area (TPSA) is 35.4 Å². The molecule has 0 saturated carbocycles. The summed E-state index contributed by atoms with van der Waals surface area (Å²) >= 11 is 0. The van der Waals surface area contributed by atoms with Gasteiger partial charge in [0.05, 0.1) is 6.54 Å². The number of nitrogens with one attached hydrogen (secondary N) is 1. The van der Waals surface area contributed by atoms with Gasteiger partial charge >= 0.3 is 0 Å². The van der Waals surface area contributed by atoms with E-state index in [0.29, 0.717) is 6.79 Å². The maximum absolute atomic E-state index is 5.33. The van der Waals surface area contributed by atoms with E-state index in [2.05, 4.69) is 16.0 Å². The second-order valence-corrected chi connectivity index (χ2v) is 4.03. The van der Waals surface area contributed by atoms with Crippen LogP contribution in [0.5, 0.6) is 11.5 Å². The number of benzene rings is 1. The third-order valence-electron chi connectivity index (χ3n) is 2.90. The highest BCUT2D eigenvalue weighted by Gasteiger charge is 2.12. The van der Waals surface area contributed by atoms with Crippen molar-refractivity contribution in [3.05, 3.63) is 42.2 Å². The van der Waals surface area contributed by atoms with Crippen molar-refractivity contribution in [1.29, 1.82) is 0 Å². The van der Waals surface area contributed by atoms with E-state index in [0.717, 1.165) is 23.7 Å². The molecule has 1 aromatic carbocycles. The molecular weight excluding hydrogens is 216 g/mol. The summed E-state index contributed by atoms with van der Waals surface area (Å²) in [6.07, 6.45) is 2.04. The molecule has 0 aliphatic carbocycles. The van der Waals surface area contributed by atoms with E-state index in [1.807, 2.05) is 37.5 Å². The molecule has 1 aliphatic rings. The summed E-state index contributed by atoms with van der Waals surface area (Å²) in [5.41, 5.74) is 2.28. The second-order valence-electron chi connectivity index (χ2n) is 4.03. The van der Waals surface area contributed by atoms with E-state index in [1.165, 1.54) is 5.69 Å². The SMILES string of the molecule is Cn1cccc1CNc1ccc2c(c1)OCO2. The van der Waals surface area contributed by atoms with Crippen LogP contribution in [0.4, 0.5) is 5.69 Å². The molecule has 3 rings (SSSR count). The third kappa shape index (κ3) is 1.93. The van der Waals surface area contributed by atoms with Gasteiger partial charge in [-0.2, -0.15) is 0 Å². The van der Waals surface area contributed by atoms with Crippen LogP contribution >= 0.6 is 0 Å². The average Bonchev–Trinajstić information content (AvgIpc) is 2.94. The molecule has 2 aromatic rings. The zero-order valence-corrected chi connectivity index (χ0v) is 9.64. The predicted octanol–water partition coefficient (Wildman–Crippen LogP) is 2.37. The van der Waals surface area contributed by atoms with Gasteiger partial charge in [-0.25, -0.2) is 0 Å². The van der Waals surface area contributed by atoms with Gasteiger partial charge in [0.25, 0.3) is 0 Å². The standard InChI is InChI=1S/C13H14N2O2/c1-15-6-2-3-11(15)8-14-10-4-5-12-13(7-10)17-9-16-12/h2-7,14H,8-9H2,1H3. The van der Waals surface area contributed by atoms with E-state index in [9.17, 15) is 0 Å². The fraction of sp³-hybridized carbons (Fsp3) is 0.231. The Kier molecular flexibility index (Phi) is 2.40. The zero-order chi connectivity index (χ0) is 11.7. The number of hydrogen-bond acceptors (Lipinski definition) is 3. The van der Waals surface area contributed by atoms with Crippen molar-refractivity contribution in [3.63, 3.8) is 0 Å². The Balaban J connectivity index is 1.72. The van der Waals surface area contributed by atoms with Gasteiger partial charge in [-0.1, -0.05) is 0 Å². The molecule has 0 bridgehead atoms. The zero-order valence-electron chi connectivity index (χ0n) is 9.64. The first-order chi connectivity index (χ1) is 8.33. The van der Waals surface area contributed by atoms with Gasteiger partial charge in [-0.3, -0.25) is 0 Å². The number of hydrogen-bond donors (Lipinski definition) is 1. The van der Waals surface area contributed by atoms with Crippen LogP contribution in [0.2, 0.25) is 0 Å². The van der Waals surface area contributed by atoms with Crippen molar-refractivity contribution in [2.24, 2.45) is 7.05 Å². The maximum atomic E-state index is 5.33. The van der Waals surface area contributed by atoms with Crippen molar-refractivity contribution in [2.75, 3.05) is 12.1 Å². The number of ether oxygens (including phenoxy) is 2. The van der Waals surface area contributed by atoms with Crippen molar-refractivity contribution < 1.29 is 9.47 Å². The largest absolute Gasteiger partial charge is 0.454 e. The van der Waals surface area contributed by atoms with Gasteiger partial charge in [0.15, 0.2) is 11.5 Å². The smallest absolute Gasteiger partial charge is 0.231 e. The summed E-state index contributed by atoms with van der Waals surface area (Å²) < 4.78 is 12.7. The van der Waals surface area contributed by atoms with Gasteiger partial charge in [0.2, 0.25) is 6.79 Å². The van der Waals surface area contributed by atoms with Crippen LogP contribution < -0.4 is 14.8 Å². The first kappa shape index (κ1) is 10.1. The minimum Gasteiger partial charge on any atom is -0.454 e. The van der Waals surface area contributed by atoms with E-state index in [-0.39, 0.29) is 0 Å². The molecule has 1 aromatic heterocycles. The number of rotatable bonds is 3. The number of aromatic nitrogens is 1. The third-order valence-corrected chi connectivity index (χ3v) is 2.90. The fourth-order valence-corrected chi connectivity index (χ4v) is 1.88. The van der Waals surface area contributed by atoms with E-state index in [1.54, 1.807) is 0 Å². The van der Waals surface area contributed by atoms with E-state index < -0.39 is 0 Å². The molecule has 4 nitrogen and oxygen atoms in total. The van der Waals surface area contributed by atoms with Crippen LogP contribution in [0.3, 0.4) is 0 Å². The normalized spacial score (nSPS) is 12.8. The van der Waals surface area contributed by atoms with E-state index >= 15 is 0 Å². The Hall–Kier alpha value is -2.10. The minimum absolute atomic E-state index is 0.316. The fourth-order valence-electron chi connectivity index (χ4n) is 1.88. The van der Waals surface area contributed by atoms with Crippen molar-refractivity contribution >= 4 is 5.69 Å². The number of fused-ring (bicyclic) bond motifs is 1. The van der Waals surface area contributed by atoms with Gasteiger partial charge in [0, 0.05) is 30.7 Å². The number of anilines is 1. The van der Waals surface area contributed by atoms with Crippen LogP contribution in [-0.4, -0.2) is 11.4 Å². The number of nitrogens with zero attached hydrogens (tertiary/aromatic N) is 1. The molecule has 88 valence electrons. The maximum Gasteiger partial charge on any atom is 0.231 e. The monoisotopic (exact) mass is 230 g/mol. The first-order valence-electron chi connectivity index (χ1n) is 5.57. The first-order valence-corrected chi connectivity index (χ1v) is 5.57. The minimum atomic E-state index is 0.316. The summed E-state index contributed by atoms with van der Waals surface area (Å²) in [5.74, 6) is 1.62. The summed E-state index contributed by atoms with van der Waals surface area (Å²) in [6.45, 7) is 1.11. The van der Waals surface area contributed by atoms with Crippen molar-refractivity contribution in [3.8, 4) is 11.5 Å². The summed E-state index contributed by atoms with van der Waals surface area (Å²) in [4.78, 5) is 0. The quantitative estimate of drug-likeness (QED) is 0.879. The Morgan fingerprint density at radius 2 is 2.12 bits per heavy atom. The highest BCUT2D eigenvalue weighted by atomic mass is 16.7. The lowest BCUT2D eigenvalue weighted by Gasteiger charge is -2.08. The Labute approximate surface area is 99.8 Å². The summed E-state index contributed by atoms with van der Waals surface area (Å²) in [5, 5.41) is 3.36. The molecule has 0 spiro atoms. The highest BCUT2D eigenvalue weighted by molar-refractivity contribution is 5.55. The molecule has 1 N–H and O–H groups in total. The van der Waals surface area contributed by atoms with Crippen molar-refractivity contribution in [2.45, 2.75) is 6.54 Å². The number of aryl methyl sites for hydroxylation is 1. The molecule has 0 saturated heterocycles. The second kappa shape index (κ2) is 4.05. The van der Waals surface area contributed by atoms with Crippen LogP contribution in [0, 0.1) is 0 Å². The molecule has 0 fully saturated rings. The molecule has 0 radical (unpaired) electrons.